The van der Waals surface area contributed by atoms with E-state index in [0.29, 0.717) is 19.5 Å². The fourth-order valence-corrected chi connectivity index (χ4v) is 2.71. The number of aryl methyl sites for hydroxylation is 1. The molecule has 6 heteroatoms. The van der Waals surface area contributed by atoms with Gasteiger partial charge in [-0.15, -0.1) is 0 Å². The molecule has 24 heavy (non-hydrogen) atoms. The highest BCUT2D eigenvalue weighted by Gasteiger charge is 2.28. The molecule has 1 N–H and O–H groups in total. The van der Waals surface area contributed by atoms with Crippen LogP contribution in [0.3, 0.4) is 0 Å². The summed E-state index contributed by atoms with van der Waals surface area (Å²) in [6.45, 7) is 6.68. The van der Waals surface area contributed by atoms with E-state index in [1.165, 1.54) is 4.90 Å². The van der Waals surface area contributed by atoms with Gasteiger partial charge < -0.3 is 15.1 Å². The zero-order valence-corrected chi connectivity index (χ0v) is 14.5. The van der Waals surface area contributed by atoms with Crippen LogP contribution in [-0.4, -0.2) is 59.7 Å². The Labute approximate surface area is 142 Å². The lowest BCUT2D eigenvalue weighted by atomic mass is 10.1. The van der Waals surface area contributed by atoms with E-state index >= 15 is 0 Å². The standard InChI is InChI=1S/C18H25N3O3/c1-13(2)19-16(22)11-20-8-9-21(12-18(20)24)17(23)10-15-7-5-4-6-14(15)3/h4-7,13H,8-12H2,1-3H3,(H,19,22). The van der Waals surface area contributed by atoms with Crippen molar-refractivity contribution in [3.05, 3.63) is 35.4 Å². The number of nitrogens with one attached hydrogen (secondary N) is 1. The molecule has 0 atom stereocenters. The van der Waals surface area contributed by atoms with Gasteiger partial charge in [0, 0.05) is 19.1 Å². The summed E-state index contributed by atoms with van der Waals surface area (Å²) >= 11 is 0. The Balaban J connectivity index is 1.88. The van der Waals surface area contributed by atoms with Crippen molar-refractivity contribution in [2.45, 2.75) is 33.2 Å². The van der Waals surface area contributed by atoms with Gasteiger partial charge in [0.05, 0.1) is 19.5 Å². The van der Waals surface area contributed by atoms with Gasteiger partial charge in [0.2, 0.25) is 17.7 Å². The van der Waals surface area contributed by atoms with Gasteiger partial charge in [0.15, 0.2) is 0 Å². The molecule has 0 spiro atoms. The lowest BCUT2D eigenvalue weighted by Gasteiger charge is -2.34. The van der Waals surface area contributed by atoms with Crippen molar-refractivity contribution in [2.75, 3.05) is 26.2 Å². The van der Waals surface area contributed by atoms with Gasteiger partial charge in [0.25, 0.3) is 0 Å². The molecule has 1 aromatic rings. The maximum absolute atomic E-state index is 12.4. The minimum atomic E-state index is -0.182. The van der Waals surface area contributed by atoms with Gasteiger partial charge in [0.1, 0.15) is 0 Å². The normalized spacial score (nSPS) is 14.9. The lowest BCUT2D eigenvalue weighted by molar-refractivity contribution is -0.146. The van der Waals surface area contributed by atoms with Gasteiger partial charge in [-0.3, -0.25) is 14.4 Å². The average Bonchev–Trinajstić information content (AvgIpc) is 2.50. The highest BCUT2D eigenvalue weighted by atomic mass is 16.2. The van der Waals surface area contributed by atoms with Crippen LogP contribution in [0.2, 0.25) is 0 Å². The molecule has 1 aliphatic heterocycles. The molecule has 0 unspecified atom stereocenters. The minimum Gasteiger partial charge on any atom is -0.352 e. The number of nitrogens with zero attached hydrogens (tertiary/aromatic N) is 2. The maximum atomic E-state index is 12.4. The van der Waals surface area contributed by atoms with Crippen molar-refractivity contribution in [2.24, 2.45) is 0 Å². The number of piperazine rings is 1. The quantitative estimate of drug-likeness (QED) is 0.865. The number of rotatable bonds is 5. The van der Waals surface area contributed by atoms with Crippen LogP contribution in [0.1, 0.15) is 25.0 Å². The Morgan fingerprint density at radius 3 is 2.54 bits per heavy atom. The fraction of sp³-hybridized carbons (Fsp3) is 0.500. The van der Waals surface area contributed by atoms with Crippen molar-refractivity contribution in [3.8, 4) is 0 Å². The molecule has 1 aliphatic rings. The summed E-state index contributed by atoms with van der Waals surface area (Å²) in [6.07, 6.45) is 0.299. The molecule has 0 aromatic heterocycles. The molecule has 2 rings (SSSR count). The first-order valence-corrected chi connectivity index (χ1v) is 8.26. The van der Waals surface area contributed by atoms with Crippen LogP contribution in [0, 0.1) is 6.92 Å². The number of hydrogen-bond acceptors (Lipinski definition) is 3. The Hall–Kier alpha value is -2.37. The number of carbonyl (C=O) groups excluding carboxylic acids is 3. The second-order valence-electron chi connectivity index (χ2n) is 6.46. The van der Waals surface area contributed by atoms with E-state index in [-0.39, 0.29) is 36.9 Å². The topological polar surface area (TPSA) is 69.7 Å². The molecule has 1 heterocycles. The number of benzene rings is 1. The largest absolute Gasteiger partial charge is 0.352 e. The first-order valence-electron chi connectivity index (χ1n) is 8.26. The summed E-state index contributed by atoms with van der Waals surface area (Å²) in [4.78, 5) is 39.5. The maximum Gasteiger partial charge on any atom is 0.242 e. The lowest BCUT2D eigenvalue weighted by Crippen LogP contribution is -2.55. The smallest absolute Gasteiger partial charge is 0.242 e. The van der Waals surface area contributed by atoms with Crippen LogP contribution in [-0.2, 0) is 20.8 Å². The van der Waals surface area contributed by atoms with E-state index < -0.39 is 0 Å². The first-order chi connectivity index (χ1) is 11.4. The van der Waals surface area contributed by atoms with E-state index in [1.807, 2.05) is 45.0 Å². The highest BCUT2D eigenvalue weighted by Crippen LogP contribution is 2.11. The first kappa shape index (κ1) is 18.0. The van der Waals surface area contributed by atoms with E-state index in [0.717, 1.165) is 11.1 Å². The highest BCUT2D eigenvalue weighted by molar-refractivity contribution is 5.90. The zero-order valence-electron chi connectivity index (χ0n) is 14.5. The third-order valence-corrected chi connectivity index (χ3v) is 4.06. The molecule has 0 saturated carbocycles. The van der Waals surface area contributed by atoms with Crippen LogP contribution in [0.15, 0.2) is 24.3 Å². The third-order valence-electron chi connectivity index (χ3n) is 4.06. The van der Waals surface area contributed by atoms with Crippen molar-refractivity contribution in [1.29, 1.82) is 0 Å². The van der Waals surface area contributed by atoms with Crippen LogP contribution in [0.5, 0.6) is 0 Å². The summed E-state index contributed by atoms with van der Waals surface area (Å²) in [6, 6.07) is 7.80. The second-order valence-corrected chi connectivity index (χ2v) is 6.46. The molecule has 130 valence electrons. The van der Waals surface area contributed by atoms with Crippen molar-refractivity contribution < 1.29 is 14.4 Å². The zero-order chi connectivity index (χ0) is 17.7. The molecule has 3 amide bonds. The monoisotopic (exact) mass is 331 g/mol. The predicted molar refractivity (Wildman–Crippen MR) is 91.3 cm³/mol. The molecule has 0 radical (unpaired) electrons. The molecule has 1 saturated heterocycles. The molecule has 1 aromatic carbocycles. The summed E-state index contributed by atoms with van der Waals surface area (Å²) < 4.78 is 0. The van der Waals surface area contributed by atoms with Crippen LogP contribution in [0.25, 0.3) is 0 Å². The average molecular weight is 331 g/mol. The van der Waals surface area contributed by atoms with Crippen LogP contribution >= 0.6 is 0 Å². The van der Waals surface area contributed by atoms with Gasteiger partial charge in [-0.05, 0) is 31.9 Å². The SMILES string of the molecule is Cc1ccccc1CC(=O)N1CCN(CC(=O)NC(C)C)C(=O)C1. The van der Waals surface area contributed by atoms with Gasteiger partial charge >= 0.3 is 0 Å². The van der Waals surface area contributed by atoms with Crippen molar-refractivity contribution in [1.82, 2.24) is 15.1 Å². The number of hydrogen-bond donors (Lipinski definition) is 1. The van der Waals surface area contributed by atoms with E-state index in [1.54, 1.807) is 4.90 Å². The van der Waals surface area contributed by atoms with Crippen molar-refractivity contribution >= 4 is 17.7 Å². The Bertz CT molecular complexity index is 628. The molecular formula is C18H25N3O3. The molecular weight excluding hydrogens is 306 g/mol. The Morgan fingerprint density at radius 1 is 1.21 bits per heavy atom. The summed E-state index contributed by atoms with van der Waals surface area (Å²) in [7, 11) is 0. The molecule has 0 bridgehead atoms. The van der Waals surface area contributed by atoms with Crippen LogP contribution in [0.4, 0.5) is 0 Å². The van der Waals surface area contributed by atoms with E-state index in [2.05, 4.69) is 5.32 Å². The molecule has 1 fully saturated rings. The summed E-state index contributed by atoms with van der Waals surface area (Å²) in [5.74, 6) is -0.403. The fourth-order valence-electron chi connectivity index (χ4n) is 2.71. The number of carbonyl (C=O) groups is 3. The number of amides is 3. The van der Waals surface area contributed by atoms with Crippen molar-refractivity contribution in [3.63, 3.8) is 0 Å². The third kappa shape index (κ3) is 4.81. The minimum absolute atomic E-state index is 0.0413. The van der Waals surface area contributed by atoms with E-state index in [4.69, 9.17) is 0 Å². The van der Waals surface area contributed by atoms with Gasteiger partial charge in [-0.1, -0.05) is 24.3 Å². The van der Waals surface area contributed by atoms with Gasteiger partial charge in [-0.25, -0.2) is 0 Å². The Morgan fingerprint density at radius 2 is 1.92 bits per heavy atom. The molecule has 0 aliphatic carbocycles. The summed E-state index contributed by atoms with van der Waals surface area (Å²) in [5, 5.41) is 2.77. The predicted octanol–water partition coefficient (Wildman–Crippen LogP) is 0.733. The van der Waals surface area contributed by atoms with Gasteiger partial charge in [-0.2, -0.15) is 0 Å². The van der Waals surface area contributed by atoms with E-state index in [9.17, 15) is 14.4 Å². The second kappa shape index (κ2) is 7.95. The van der Waals surface area contributed by atoms with Crippen LogP contribution < -0.4 is 5.32 Å². The molecule has 6 nitrogen and oxygen atoms in total. The summed E-state index contributed by atoms with van der Waals surface area (Å²) in [5.41, 5.74) is 2.05. The Kier molecular flexibility index (Phi) is 5.95.